The van der Waals surface area contributed by atoms with Crippen molar-refractivity contribution in [1.29, 1.82) is 0 Å². The van der Waals surface area contributed by atoms with Crippen LogP contribution in [0.3, 0.4) is 0 Å². The van der Waals surface area contributed by atoms with Crippen molar-refractivity contribution < 1.29 is 4.79 Å². The van der Waals surface area contributed by atoms with E-state index in [0.29, 0.717) is 12.5 Å². The number of hydrogen-bond acceptors (Lipinski definition) is 4. The van der Waals surface area contributed by atoms with Crippen LogP contribution in [0, 0.1) is 5.92 Å². The van der Waals surface area contributed by atoms with Gasteiger partial charge in [0, 0.05) is 18.2 Å². The van der Waals surface area contributed by atoms with E-state index in [1.54, 1.807) is 10.9 Å². The number of carbonyl (C=O) groups excluding carboxylic acids is 1. The molecule has 0 saturated heterocycles. The average molecular weight is 295 g/mol. The molecule has 3 N–H and O–H groups in total. The molecule has 1 atom stereocenters. The molecule has 1 heterocycles. The lowest BCUT2D eigenvalue weighted by molar-refractivity contribution is -0.117. The molecule has 0 saturated carbocycles. The summed E-state index contributed by atoms with van der Waals surface area (Å²) >= 11 is 0. The van der Waals surface area contributed by atoms with Crippen molar-refractivity contribution in [3.63, 3.8) is 0 Å². The van der Waals surface area contributed by atoms with Gasteiger partial charge in [-0.2, -0.15) is 5.10 Å². The molecule has 1 unspecified atom stereocenters. The molecular formula is C15H29N5O. The summed E-state index contributed by atoms with van der Waals surface area (Å²) in [6.07, 6.45) is 2.59. The van der Waals surface area contributed by atoms with Gasteiger partial charge < -0.3 is 11.1 Å². The topological polar surface area (TPSA) is 76.2 Å². The molecule has 0 aromatic carbocycles. The number of nitrogens with zero attached hydrogens (tertiary/aromatic N) is 3. The van der Waals surface area contributed by atoms with Gasteiger partial charge in [0.1, 0.15) is 5.82 Å². The van der Waals surface area contributed by atoms with Gasteiger partial charge in [-0.05, 0) is 39.8 Å². The molecule has 21 heavy (non-hydrogen) atoms. The molecule has 0 bridgehead atoms. The summed E-state index contributed by atoms with van der Waals surface area (Å²) in [6.45, 7) is 9.46. The van der Waals surface area contributed by atoms with Crippen LogP contribution in [0.25, 0.3) is 0 Å². The summed E-state index contributed by atoms with van der Waals surface area (Å²) in [5, 5.41) is 7.10. The Balaban J connectivity index is 2.41. The molecule has 0 aliphatic rings. The van der Waals surface area contributed by atoms with Crippen molar-refractivity contribution in [1.82, 2.24) is 14.7 Å². The van der Waals surface area contributed by atoms with Gasteiger partial charge in [-0.1, -0.05) is 13.8 Å². The molecule has 0 spiro atoms. The van der Waals surface area contributed by atoms with Gasteiger partial charge in [0.2, 0.25) is 5.91 Å². The van der Waals surface area contributed by atoms with E-state index in [1.165, 1.54) is 0 Å². The van der Waals surface area contributed by atoms with Crippen LogP contribution < -0.4 is 11.1 Å². The molecule has 1 amide bonds. The Morgan fingerprint density at radius 3 is 2.67 bits per heavy atom. The highest BCUT2D eigenvalue weighted by molar-refractivity contribution is 5.91. The lowest BCUT2D eigenvalue weighted by Gasteiger charge is -2.21. The lowest BCUT2D eigenvalue weighted by Crippen LogP contribution is -2.35. The summed E-state index contributed by atoms with van der Waals surface area (Å²) in [4.78, 5) is 14.0. The first-order valence-electron chi connectivity index (χ1n) is 7.58. The monoisotopic (exact) mass is 295 g/mol. The van der Waals surface area contributed by atoms with E-state index in [2.05, 4.69) is 24.3 Å². The van der Waals surface area contributed by atoms with Crippen LogP contribution in [0.4, 0.5) is 5.82 Å². The van der Waals surface area contributed by atoms with Gasteiger partial charge >= 0.3 is 0 Å². The average Bonchev–Trinajstić information content (AvgIpc) is 2.83. The van der Waals surface area contributed by atoms with E-state index in [4.69, 9.17) is 5.73 Å². The highest BCUT2D eigenvalue weighted by Crippen LogP contribution is 2.12. The highest BCUT2D eigenvalue weighted by atomic mass is 16.2. The van der Waals surface area contributed by atoms with Crippen LogP contribution in [0.2, 0.25) is 0 Å². The maximum atomic E-state index is 12.0. The lowest BCUT2D eigenvalue weighted by atomic mass is 10.0. The molecule has 1 aromatic heterocycles. The van der Waals surface area contributed by atoms with Crippen LogP contribution in [-0.2, 0) is 4.79 Å². The minimum atomic E-state index is -0.0296. The fraction of sp³-hybridized carbons (Fsp3) is 0.733. The molecule has 0 aliphatic carbocycles. The Kier molecular flexibility index (Phi) is 6.84. The number of aromatic nitrogens is 2. The van der Waals surface area contributed by atoms with E-state index in [9.17, 15) is 4.79 Å². The second-order valence-electron chi connectivity index (χ2n) is 6.24. The molecule has 0 aliphatic heterocycles. The minimum Gasteiger partial charge on any atom is -0.327 e. The standard InChI is InChI=1S/C15H29N5O/c1-11(2)13(16)7-9-19(5)10-15(21)18-14-6-8-17-20(14)12(3)4/h6,8,11-13H,7,9-10,16H2,1-5H3,(H,18,21). The predicted molar refractivity (Wildman–Crippen MR) is 86.2 cm³/mol. The number of hydrogen-bond donors (Lipinski definition) is 2. The smallest absolute Gasteiger partial charge is 0.239 e. The maximum absolute atomic E-state index is 12.0. The fourth-order valence-corrected chi connectivity index (χ4v) is 2.03. The highest BCUT2D eigenvalue weighted by Gasteiger charge is 2.13. The molecule has 120 valence electrons. The van der Waals surface area contributed by atoms with Crippen LogP contribution in [0.5, 0.6) is 0 Å². The van der Waals surface area contributed by atoms with Crippen LogP contribution >= 0.6 is 0 Å². The first kappa shape index (κ1) is 17.7. The number of likely N-dealkylation sites (N-methyl/N-ethyl adjacent to an activating group) is 1. The van der Waals surface area contributed by atoms with Crippen molar-refractivity contribution in [3.8, 4) is 0 Å². The Morgan fingerprint density at radius 1 is 1.43 bits per heavy atom. The first-order chi connectivity index (χ1) is 9.81. The van der Waals surface area contributed by atoms with E-state index in [0.717, 1.165) is 18.8 Å². The Morgan fingerprint density at radius 2 is 2.10 bits per heavy atom. The Bertz CT molecular complexity index is 441. The molecule has 0 radical (unpaired) electrons. The van der Waals surface area contributed by atoms with E-state index in [-0.39, 0.29) is 18.0 Å². The summed E-state index contributed by atoms with van der Waals surface area (Å²) in [5.41, 5.74) is 6.02. The quantitative estimate of drug-likeness (QED) is 0.765. The minimum absolute atomic E-state index is 0.0296. The Hall–Kier alpha value is -1.40. The molecule has 1 rings (SSSR count). The number of anilines is 1. The van der Waals surface area contributed by atoms with Crippen molar-refractivity contribution >= 4 is 11.7 Å². The van der Waals surface area contributed by atoms with Gasteiger partial charge in [0.15, 0.2) is 0 Å². The van der Waals surface area contributed by atoms with Gasteiger partial charge in [0.25, 0.3) is 0 Å². The molecule has 6 nitrogen and oxygen atoms in total. The second-order valence-corrected chi connectivity index (χ2v) is 6.24. The second kappa shape index (κ2) is 8.14. The number of amides is 1. The van der Waals surface area contributed by atoms with Crippen molar-refractivity contribution in [3.05, 3.63) is 12.3 Å². The number of rotatable bonds is 8. The summed E-state index contributed by atoms with van der Waals surface area (Å²) < 4.78 is 1.80. The molecule has 1 aromatic rings. The predicted octanol–water partition coefficient (Wildman–Crippen LogP) is 1.71. The van der Waals surface area contributed by atoms with Crippen molar-refractivity contribution in [2.24, 2.45) is 11.7 Å². The molecule has 6 heteroatoms. The summed E-state index contributed by atoms with van der Waals surface area (Å²) in [5.74, 6) is 1.17. The number of nitrogens with one attached hydrogen (secondary N) is 1. The van der Waals surface area contributed by atoms with Gasteiger partial charge in [-0.15, -0.1) is 0 Å². The third-order valence-electron chi connectivity index (χ3n) is 3.54. The number of nitrogens with two attached hydrogens (primary N) is 1. The van der Waals surface area contributed by atoms with E-state index in [1.807, 2.05) is 31.9 Å². The van der Waals surface area contributed by atoms with E-state index < -0.39 is 0 Å². The third kappa shape index (κ3) is 5.85. The molecular weight excluding hydrogens is 266 g/mol. The van der Waals surface area contributed by atoms with Gasteiger partial charge in [-0.25, -0.2) is 4.68 Å². The van der Waals surface area contributed by atoms with E-state index >= 15 is 0 Å². The van der Waals surface area contributed by atoms with Gasteiger partial charge in [0.05, 0.1) is 12.7 Å². The SMILES string of the molecule is CC(C)C(N)CCN(C)CC(=O)Nc1ccnn1C(C)C. The summed E-state index contributed by atoms with van der Waals surface area (Å²) in [6, 6.07) is 2.21. The van der Waals surface area contributed by atoms with Crippen LogP contribution in [-0.4, -0.2) is 46.8 Å². The normalized spacial score (nSPS) is 13.2. The largest absolute Gasteiger partial charge is 0.327 e. The van der Waals surface area contributed by atoms with Gasteiger partial charge in [-0.3, -0.25) is 9.69 Å². The maximum Gasteiger partial charge on any atom is 0.239 e. The number of carbonyl (C=O) groups is 1. The Labute approximate surface area is 127 Å². The van der Waals surface area contributed by atoms with Crippen molar-refractivity contribution in [2.75, 3.05) is 25.5 Å². The van der Waals surface area contributed by atoms with Crippen LogP contribution in [0.1, 0.15) is 40.2 Å². The summed E-state index contributed by atoms with van der Waals surface area (Å²) in [7, 11) is 1.94. The van der Waals surface area contributed by atoms with Crippen LogP contribution in [0.15, 0.2) is 12.3 Å². The fourth-order valence-electron chi connectivity index (χ4n) is 2.03. The zero-order valence-corrected chi connectivity index (χ0v) is 13.8. The van der Waals surface area contributed by atoms with Crippen molar-refractivity contribution in [2.45, 2.75) is 46.2 Å². The molecule has 0 fully saturated rings. The zero-order chi connectivity index (χ0) is 16.0. The zero-order valence-electron chi connectivity index (χ0n) is 13.8. The third-order valence-corrected chi connectivity index (χ3v) is 3.54. The first-order valence-corrected chi connectivity index (χ1v) is 7.58.